The number of amides is 1. The number of hydrogen-bond acceptors (Lipinski definition) is 6. The quantitative estimate of drug-likeness (QED) is 0.255. The molecule has 0 unspecified atom stereocenters. The summed E-state index contributed by atoms with van der Waals surface area (Å²) < 4.78 is 17.0. The van der Waals surface area contributed by atoms with Crippen LogP contribution in [0.3, 0.4) is 0 Å². The first-order chi connectivity index (χ1) is 15.9. The van der Waals surface area contributed by atoms with Crippen LogP contribution in [0.1, 0.15) is 11.3 Å². The molecule has 1 fully saturated rings. The van der Waals surface area contributed by atoms with E-state index in [0.29, 0.717) is 55.3 Å². The molecule has 0 bridgehead atoms. The lowest BCUT2D eigenvalue weighted by atomic mass is 10.1. The molecule has 170 valence electrons. The molecule has 1 amide bonds. The van der Waals surface area contributed by atoms with Gasteiger partial charge in [0.15, 0.2) is 11.5 Å². The SMILES string of the molecule is COc1ccc(CCN2C(=O)C(=Cc3ccc(-c4ccc(Cl)cc4Cl)o3)SC2=S)cc1OC. The van der Waals surface area contributed by atoms with E-state index < -0.39 is 0 Å². The Balaban J connectivity index is 1.47. The summed E-state index contributed by atoms with van der Waals surface area (Å²) in [6.07, 6.45) is 2.32. The molecule has 1 saturated heterocycles. The molecule has 0 saturated carbocycles. The van der Waals surface area contributed by atoms with E-state index in [4.69, 9.17) is 49.3 Å². The highest BCUT2D eigenvalue weighted by molar-refractivity contribution is 8.26. The Kier molecular flexibility index (Phi) is 7.34. The van der Waals surface area contributed by atoms with Gasteiger partial charge in [-0.15, -0.1) is 0 Å². The van der Waals surface area contributed by atoms with E-state index >= 15 is 0 Å². The van der Waals surface area contributed by atoms with Crippen molar-refractivity contribution in [3.05, 3.63) is 74.8 Å². The fourth-order valence-corrected chi connectivity index (χ4v) is 5.15. The van der Waals surface area contributed by atoms with Crippen molar-refractivity contribution >= 4 is 63.5 Å². The van der Waals surface area contributed by atoms with Crippen LogP contribution in [0.4, 0.5) is 0 Å². The number of furan rings is 1. The van der Waals surface area contributed by atoms with E-state index in [0.717, 1.165) is 11.1 Å². The Morgan fingerprint density at radius 3 is 2.58 bits per heavy atom. The van der Waals surface area contributed by atoms with Gasteiger partial charge >= 0.3 is 0 Å². The predicted molar refractivity (Wildman–Crippen MR) is 137 cm³/mol. The third kappa shape index (κ3) is 5.22. The van der Waals surface area contributed by atoms with E-state index in [9.17, 15) is 4.79 Å². The summed E-state index contributed by atoms with van der Waals surface area (Å²) in [6, 6.07) is 14.5. The van der Waals surface area contributed by atoms with Gasteiger partial charge in [-0.3, -0.25) is 9.69 Å². The average Bonchev–Trinajstić information content (AvgIpc) is 3.36. The van der Waals surface area contributed by atoms with Crippen LogP contribution in [0.15, 0.2) is 57.9 Å². The number of thiocarbonyl (C=S) groups is 1. The van der Waals surface area contributed by atoms with E-state index in [1.807, 2.05) is 18.2 Å². The van der Waals surface area contributed by atoms with Crippen molar-refractivity contribution in [2.24, 2.45) is 0 Å². The highest BCUT2D eigenvalue weighted by Crippen LogP contribution is 2.36. The minimum absolute atomic E-state index is 0.145. The second kappa shape index (κ2) is 10.2. The first-order valence-corrected chi connectivity index (χ1v) is 11.9. The number of methoxy groups -OCH3 is 2. The number of carbonyl (C=O) groups excluding carboxylic acids is 1. The molecular formula is C24H19Cl2NO4S2. The zero-order valence-corrected chi connectivity index (χ0v) is 20.9. The fourth-order valence-electron chi connectivity index (χ4n) is 3.36. The van der Waals surface area contributed by atoms with Crippen LogP contribution in [-0.2, 0) is 11.2 Å². The Labute approximate surface area is 211 Å². The van der Waals surface area contributed by atoms with Gasteiger partial charge < -0.3 is 13.9 Å². The molecule has 1 aliphatic rings. The molecule has 0 radical (unpaired) electrons. The Morgan fingerprint density at radius 2 is 1.85 bits per heavy atom. The predicted octanol–water partition coefficient (Wildman–Crippen LogP) is 6.71. The summed E-state index contributed by atoms with van der Waals surface area (Å²) in [5, 5.41) is 1.04. The minimum Gasteiger partial charge on any atom is -0.493 e. The van der Waals surface area contributed by atoms with Crippen molar-refractivity contribution in [2.75, 3.05) is 20.8 Å². The van der Waals surface area contributed by atoms with Gasteiger partial charge in [-0.25, -0.2) is 0 Å². The molecule has 1 aromatic heterocycles. The standard InChI is InChI=1S/C24H19Cl2NO4S2/c1-29-20-7-3-14(11-21(20)30-2)9-10-27-23(28)22(33-24(27)32)13-16-5-8-19(31-16)17-6-4-15(25)12-18(17)26/h3-8,11-13H,9-10H2,1-2H3. The van der Waals surface area contributed by atoms with Crippen LogP contribution in [0, 0.1) is 0 Å². The largest absolute Gasteiger partial charge is 0.493 e. The smallest absolute Gasteiger partial charge is 0.266 e. The molecule has 3 aromatic rings. The first-order valence-electron chi connectivity index (χ1n) is 9.91. The number of nitrogens with zero attached hydrogens (tertiary/aromatic N) is 1. The van der Waals surface area contributed by atoms with Gasteiger partial charge in [0.1, 0.15) is 15.8 Å². The number of halogens is 2. The molecule has 5 nitrogen and oxygen atoms in total. The van der Waals surface area contributed by atoms with Crippen molar-refractivity contribution in [3.63, 3.8) is 0 Å². The summed E-state index contributed by atoms with van der Waals surface area (Å²) in [7, 11) is 3.19. The molecule has 0 atom stereocenters. The summed E-state index contributed by atoms with van der Waals surface area (Å²) in [5.74, 6) is 2.29. The van der Waals surface area contributed by atoms with Gasteiger partial charge in [-0.2, -0.15) is 0 Å². The van der Waals surface area contributed by atoms with Crippen molar-refractivity contribution in [2.45, 2.75) is 6.42 Å². The van der Waals surface area contributed by atoms with Gasteiger partial charge in [-0.05, 0) is 54.4 Å². The van der Waals surface area contributed by atoms with E-state index in [-0.39, 0.29) is 5.91 Å². The number of carbonyl (C=O) groups is 1. The Hall–Kier alpha value is -2.45. The zero-order chi connectivity index (χ0) is 23.5. The van der Waals surface area contributed by atoms with Crippen molar-refractivity contribution in [3.8, 4) is 22.8 Å². The fraction of sp³-hybridized carbons (Fsp3) is 0.167. The van der Waals surface area contributed by atoms with Crippen LogP contribution in [0.5, 0.6) is 11.5 Å². The normalized spacial score (nSPS) is 14.9. The lowest BCUT2D eigenvalue weighted by molar-refractivity contribution is -0.122. The van der Waals surface area contributed by atoms with Gasteiger partial charge in [0.25, 0.3) is 5.91 Å². The summed E-state index contributed by atoms with van der Waals surface area (Å²) >= 11 is 18.9. The number of benzene rings is 2. The molecule has 2 aromatic carbocycles. The molecule has 0 aliphatic carbocycles. The second-order valence-corrected chi connectivity index (χ2v) is 9.62. The highest BCUT2D eigenvalue weighted by Gasteiger charge is 2.32. The molecule has 9 heteroatoms. The number of rotatable bonds is 7. The van der Waals surface area contributed by atoms with Gasteiger partial charge in [-0.1, -0.05) is 53.2 Å². The summed E-state index contributed by atoms with van der Waals surface area (Å²) in [6.45, 7) is 0.460. The third-order valence-electron chi connectivity index (χ3n) is 5.04. The lowest BCUT2D eigenvalue weighted by Gasteiger charge is -2.15. The summed E-state index contributed by atoms with van der Waals surface area (Å²) in [5.41, 5.74) is 1.74. The van der Waals surface area contributed by atoms with E-state index in [1.165, 1.54) is 11.8 Å². The average molecular weight is 520 g/mol. The second-order valence-electron chi connectivity index (χ2n) is 7.10. The minimum atomic E-state index is -0.145. The topological polar surface area (TPSA) is 51.9 Å². The van der Waals surface area contributed by atoms with Crippen LogP contribution in [0.25, 0.3) is 17.4 Å². The van der Waals surface area contributed by atoms with Gasteiger partial charge in [0, 0.05) is 23.2 Å². The summed E-state index contributed by atoms with van der Waals surface area (Å²) in [4.78, 5) is 15.1. The Bertz CT molecular complexity index is 1260. The maximum absolute atomic E-state index is 13.0. The maximum Gasteiger partial charge on any atom is 0.266 e. The van der Waals surface area contributed by atoms with E-state index in [2.05, 4.69) is 0 Å². The lowest BCUT2D eigenvalue weighted by Crippen LogP contribution is -2.30. The van der Waals surface area contributed by atoms with Crippen molar-refractivity contribution < 1.29 is 18.7 Å². The molecule has 4 rings (SSSR count). The zero-order valence-electron chi connectivity index (χ0n) is 17.8. The number of hydrogen-bond donors (Lipinski definition) is 0. The molecule has 1 aliphatic heterocycles. The molecule has 0 N–H and O–H groups in total. The monoisotopic (exact) mass is 519 g/mol. The van der Waals surface area contributed by atoms with Crippen LogP contribution in [-0.4, -0.2) is 35.9 Å². The molecular weight excluding hydrogens is 501 g/mol. The number of ether oxygens (including phenoxy) is 2. The van der Waals surface area contributed by atoms with Gasteiger partial charge in [0.05, 0.1) is 24.1 Å². The van der Waals surface area contributed by atoms with Crippen molar-refractivity contribution in [1.82, 2.24) is 4.90 Å². The highest BCUT2D eigenvalue weighted by atomic mass is 35.5. The third-order valence-corrected chi connectivity index (χ3v) is 6.97. The maximum atomic E-state index is 13.0. The molecule has 0 spiro atoms. The van der Waals surface area contributed by atoms with Crippen LogP contribution >= 0.6 is 47.2 Å². The van der Waals surface area contributed by atoms with Gasteiger partial charge in [0.2, 0.25) is 0 Å². The molecule has 2 heterocycles. The Morgan fingerprint density at radius 1 is 1.06 bits per heavy atom. The van der Waals surface area contributed by atoms with Crippen molar-refractivity contribution in [1.29, 1.82) is 0 Å². The number of thioether (sulfide) groups is 1. The molecule has 33 heavy (non-hydrogen) atoms. The van der Waals surface area contributed by atoms with E-state index in [1.54, 1.807) is 55.5 Å². The first kappa shape index (κ1) is 23.7. The van der Waals surface area contributed by atoms with Crippen LogP contribution in [0.2, 0.25) is 10.0 Å². The van der Waals surface area contributed by atoms with Crippen LogP contribution < -0.4 is 9.47 Å².